The highest BCUT2D eigenvalue weighted by atomic mass is 32.2. The average Bonchev–Trinajstić information content (AvgIpc) is 2.97. The van der Waals surface area contributed by atoms with Gasteiger partial charge in [0.2, 0.25) is 0 Å². The van der Waals surface area contributed by atoms with E-state index in [0.29, 0.717) is 18.7 Å². The summed E-state index contributed by atoms with van der Waals surface area (Å²) in [7, 11) is -3.58. The SMILES string of the molecule is CCOCc1ccc2ccn(S(=O)(=O)c3ccccc3)c2c1. The van der Waals surface area contributed by atoms with Gasteiger partial charge in [-0.25, -0.2) is 12.4 Å². The van der Waals surface area contributed by atoms with Crippen LogP contribution in [0.25, 0.3) is 10.9 Å². The molecule has 1 aromatic heterocycles. The van der Waals surface area contributed by atoms with E-state index in [9.17, 15) is 8.42 Å². The van der Waals surface area contributed by atoms with Crippen LogP contribution in [0.15, 0.2) is 65.7 Å². The summed E-state index contributed by atoms with van der Waals surface area (Å²) in [6.07, 6.45) is 1.59. The lowest BCUT2D eigenvalue weighted by Crippen LogP contribution is -2.11. The molecule has 0 amide bonds. The predicted molar refractivity (Wildman–Crippen MR) is 86.3 cm³/mol. The number of aromatic nitrogens is 1. The molecule has 2 aromatic carbocycles. The van der Waals surface area contributed by atoms with Crippen molar-refractivity contribution in [1.29, 1.82) is 0 Å². The van der Waals surface area contributed by atoms with Crippen LogP contribution < -0.4 is 0 Å². The van der Waals surface area contributed by atoms with Gasteiger partial charge in [-0.1, -0.05) is 30.3 Å². The summed E-state index contributed by atoms with van der Waals surface area (Å²) < 4.78 is 32.3. The maximum absolute atomic E-state index is 12.8. The first-order chi connectivity index (χ1) is 10.6. The molecule has 22 heavy (non-hydrogen) atoms. The molecule has 0 saturated heterocycles. The van der Waals surface area contributed by atoms with Crippen LogP contribution in [-0.2, 0) is 21.4 Å². The van der Waals surface area contributed by atoms with E-state index in [0.717, 1.165) is 10.9 Å². The van der Waals surface area contributed by atoms with Crippen molar-refractivity contribution in [3.8, 4) is 0 Å². The number of nitrogens with zero attached hydrogens (tertiary/aromatic N) is 1. The Bertz CT molecular complexity index is 883. The molecule has 0 N–H and O–H groups in total. The van der Waals surface area contributed by atoms with Crippen molar-refractivity contribution in [1.82, 2.24) is 3.97 Å². The van der Waals surface area contributed by atoms with Gasteiger partial charge in [0.05, 0.1) is 17.0 Å². The van der Waals surface area contributed by atoms with Gasteiger partial charge in [0, 0.05) is 18.2 Å². The highest BCUT2D eigenvalue weighted by molar-refractivity contribution is 7.90. The van der Waals surface area contributed by atoms with E-state index < -0.39 is 10.0 Å². The number of ether oxygens (including phenoxy) is 1. The van der Waals surface area contributed by atoms with E-state index in [1.54, 1.807) is 42.6 Å². The molecule has 4 nitrogen and oxygen atoms in total. The summed E-state index contributed by atoms with van der Waals surface area (Å²) in [6.45, 7) is 3.03. The van der Waals surface area contributed by atoms with E-state index in [-0.39, 0.29) is 4.90 Å². The van der Waals surface area contributed by atoms with Crippen molar-refractivity contribution in [2.75, 3.05) is 6.61 Å². The van der Waals surface area contributed by atoms with E-state index in [1.165, 1.54) is 3.97 Å². The lowest BCUT2D eigenvalue weighted by molar-refractivity contribution is 0.134. The number of benzene rings is 2. The van der Waals surface area contributed by atoms with E-state index in [1.807, 2.05) is 25.1 Å². The van der Waals surface area contributed by atoms with Gasteiger partial charge in [0.15, 0.2) is 0 Å². The molecule has 0 saturated carbocycles. The molecule has 0 fully saturated rings. The summed E-state index contributed by atoms with van der Waals surface area (Å²) in [5.41, 5.74) is 1.62. The van der Waals surface area contributed by atoms with Gasteiger partial charge in [-0.05, 0) is 36.8 Å². The van der Waals surface area contributed by atoms with Crippen LogP contribution in [0.4, 0.5) is 0 Å². The Morgan fingerprint density at radius 1 is 1.05 bits per heavy atom. The van der Waals surface area contributed by atoms with Crippen molar-refractivity contribution in [2.24, 2.45) is 0 Å². The Hall–Kier alpha value is -2.11. The molecule has 0 aliphatic carbocycles. The van der Waals surface area contributed by atoms with Gasteiger partial charge in [-0.3, -0.25) is 0 Å². The molecule has 3 rings (SSSR count). The zero-order valence-electron chi connectivity index (χ0n) is 12.3. The van der Waals surface area contributed by atoms with Crippen LogP contribution in [0, 0.1) is 0 Å². The second-order valence-corrected chi connectivity index (χ2v) is 6.77. The van der Waals surface area contributed by atoms with E-state index in [4.69, 9.17) is 4.74 Å². The van der Waals surface area contributed by atoms with Crippen molar-refractivity contribution in [3.05, 3.63) is 66.4 Å². The zero-order valence-corrected chi connectivity index (χ0v) is 13.1. The molecular formula is C17H17NO3S. The van der Waals surface area contributed by atoms with E-state index in [2.05, 4.69) is 0 Å². The predicted octanol–water partition coefficient (Wildman–Crippen LogP) is 3.41. The first-order valence-electron chi connectivity index (χ1n) is 7.11. The molecule has 0 aliphatic heterocycles. The summed E-state index contributed by atoms with van der Waals surface area (Å²) >= 11 is 0. The Balaban J connectivity index is 2.11. The minimum Gasteiger partial charge on any atom is -0.377 e. The van der Waals surface area contributed by atoms with Crippen molar-refractivity contribution >= 4 is 20.9 Å². The normalized spacial score (nSPS) is 11.9. The van der Waals surface area contributed by atoms with Crippen molar-refractivity contribution < 1.29 is 13.2 Å². The Kier molecular flexibility index (Phi) is 4.00. The number of fused-ring (bicyclic) bond motifs is 1. The lowest BCUT2D eigenvalue weighted by atomic mass is 10.2. The first kappa shape index (κ1) is 14.8. The van der Waals surface area contributed by atoms with Crippen LogP contribution in [0.1, 0.15) is 12.5 Å². The smallest absolute Gasteiger partial charge is 0.268 e. The maximum Gasteiger partial charge on any atom is 0.268 e. The highest BCUT2D eigenvalue weighted by Crippen LogP contribution is 2.23. The molecule has 0 radical (unpaired) electrons. The molecule has 114 valence electrons. The third-order valence-electron chi connectivity index (χ3n) is 3.49. The van der Waals surface area contributed by atoms with Gasteiger partial charge in [-0.2, -0.15) is 0 Å². The molecule has 0 spiro atoms. The van der Waals surface area contributed by atoms with Crippen LogP contribution in [-0.4, -0.2) is 19.0 Å². The molecule has 3 aromatic rings. The molecule has 0 unspecified atom stereocenters. The fourth-order valence-electron chi connectivity index (χ4n) is 2.37. The lowest BCUT2D eigenvalue weighted by Gasteiger charge is -2.08. The quantitative estimate of drug-likeness (QED) is 0.725. The number of hydrogen-bond donors (Lipinski definition) is 0. The minimum atomic E-state index is -3.58. The Morgan fingerprint density at radius 2 is 1.82 bits per heavy atom. The monoisotopic (exact) mass is 315 g/mol. The fraction of sp³-hybridized carbons (Fsp3) is 0.176. The van der Waals surface area contributed by atoms with Gasteiger partial charge in [0.1, 0.15) is 0 Å². The van der Waals surface area contributed by atoms with Crippen LogP contribution in [0.2, 0.25) is 0 Å². The first-order valence-corrected chi connectivity index (χ1v) is 8.55. The van der Waals surface area contributed by atoms with E-state index >= 15 is 0 Å². The highest BCUT2D eigenvalue weighted by Gasteiger charge is 2.18. The van der Waals surface area contributed by atoms with Gasteiger partial charge in [-0.15, -0.1) is 0 Å². The summed E-state index contributed by atoms with van der Waals surface area (Å²) in [4.78, 5) is 0.280. The van der Waals surface area contributed by atoms with Gasteiger partial charge >= 0.3 is 0 Å². The zero-order chi connectivity index (χ0) is 15.6. The van der Waals surface area contributed by atoms with Gasteiger partial charge < -0.3 is 4.74 Å². The minimum absolute atomic E-state index is 0.280. The average molecular weight is 315 g/mol. The second kappa shape index (κ2) is 5.94. The standard InChI is InChI=1S/C17H17NO3S/c1-2-21-13-14-8-9-15-10-11-18(17(15)12-14)22(19,20)16-6-4-3-5-7-16/h3-12H,2,13H2,1H3. The largest absolute Gasteiger partial charge is 0.377 e. The van der Waals surface area contributed by atoms with Crippen LogP contribution in [0.3, 0.4) is 0 Å². The van der Waals surface area contributed by atoms with Crippen molar-refractivity contribution in [2.45, 2.75) is 18.4 Å². The second-order valence-electron chi connectivity index (χ2n) is 4.96. The molecule has 0 aliphatic rings. The third-order valence-corrected chi connectivity index (χ3v) is 5.20. The number of hydrogen-bond acceptors (Lipinski definition) is 3. The maximum atomic E-state index is 12.8. The summed E-state index contributed by atoms with van der Waals surface area (Å²) in [6, 6.07) is 16.0. The van der Waals surface area contributed by atoms with Crippen LogP contribution >= 0.6 is 0 Å². The molecule has 0 bridgehead atoms. The molecular weight excluding hydrogens is 298 g/mol. The Morgan fingerprint density at radius 3 is 2.55 bits per heavy atom. The van der Waals surface area contributed by atoms with Gasteiger partial charge in [0.25, 0.3) is 10.0 Å². The molecule has 5 heteroatoms. The Labute approximate surface area is 130 Å². The summed E-state index contributed by atoms with van der Waals surface area (Å²) in [5, 5.41) is 0.889. The topological polar surface area (TPSA) is 48.3 Å². The summed E-state index contributed by atoms with van der Waals surface area (Å²) in [5.74, 6) is 0. The van der Waals surface area contributed by atoms with Crippen molar-refractivity contribution in [3.63, 3.8) is 0 Å². The third kappa shape index (κ3) is 2.65. The fourth-order valence-corrected chi connectivity index (χ4v) is 3.74. The number of rotatable bonds is 5. The van der Waals surface area contributed by atoms with Crippen LogP contribution in [0.5, 0.6) is 0 Å². The molecule has 1 heterocycles. The molecule has 0 atom stereocenters.